The number of ether oxygens (including phenoxy) is 2. The van der Waals surface area contributed by atoms with Crippen LogP contribution in [0.2, 0.25) is 0 Å². The molecule has 1 saturated carbocycles. The maximum atomic E-state index is 5.94. The lowest BCUT2D eigenvalue weighted by molar-refractivity contribution is -0.0720. The van der Waals surface area contributed by atoms with Gasteiger partial charge in [-0.25, -0.2) is 4.68 Å². The van der Waals surface area contributed by atoms with Gasteiger partial charge in [-0.05, 0) is 19.8 Å². The van der Waals surface area contributed by atoms with E-state index in [2.05, 4.69) is 10.00 Å². The number of hydrogen-bond acceptors (Lipinski definition) is 5. The third kappa shape index (κ3) is 2.21. The van der Waals surface area contributed by atoms with E-state index in [9.17, 15) is 0 Å². The van der Waals surface area contributed by atoms with Crippen LogP contribution >= 0.6 is 0 Å². The summed E-state index contributed by atoms with van der Waals surface area (Å²) in [6, 6.07) is 0.826. The molecule has 1 saturated heterocycles. The number of nitrogens with zero attached hydrogens (tertiary/aromatic N) is 3. The van der Waals surface area contributed by atoms with Crippen LogP contribution in [-0.2, 0) is 11.8 Å². The van der Waals surface area contributed by atoms with Crippen molar-refractivity contribution in [1.82, 2.24) is 14.7 Å². The monoisotopic (exact) mass is 280 g/mol. The summed E-state index contributed by atoms with van der Waals surface area (Å²) >= 11 is 0. The van der Waals surface area contributed by atoms with Crippen LogP contribution in [0.25, 0.3) is 0 Å². The van der Waals surface area contributed by atoms with E-state index in [1.165, 1.54) is 12.8 Å². The van der Waals surface area contributed by atoms with E-state index in [1.807, 2.05) is 14.0 Å². The highest BCUT2D eigenvalue weighted by Crippen LogP contribution is 2.42. The number of morpholine rings is 1. The van der Waals surface area contributed by atoms with E-state index >= 15 is 0 Å². The number of rotatable bonds is 4. The molecule has 6 heteroatoms. The van der Waals surface area contributed by atoms with Gasteiger partial charge >= 0.3 is 0 Å². The molecule has 2 heterocycles. The van der Waals surface area contributed by atoms with E-state index < -0.39 is 0 Å². The smallest absolute Gasteiger partial charge is 0.216 e. The Hall–Kier alpha value is -1.11. The highest BCUT2D eigenvalue weighted by molar-refractivity contribution is 5.36. The zero-order chi connectivity index (χ0) is 14.3. The van der Waals surface area contributed by atoms with Crippen LogP contribution in [0.4, 0.5) is 0 Å². The lowest BCUT2D eigenvalue weighted by Crippen LogP contribution is -2.49. The van der Waals surface area contributed by atoms with Crippen molar-refractivity contribution < 1.29 is 9.47 Å². The van der Waals surface area contributed by atoms with Crippen molar-refractivity contribution in [3.63, 3.8) is 0 Å². The van der Waals surface area contributed by atoms with Crippen LogP contribution in [0.1, 0.15) is 30.1 Å². The average Bonchev–Trinajstić information content (AvgIpc) is 3.24. The zero-order valence-electron chi connectivity index (χ0n) is 12.5. The Kier molecular flexibility index (Phi) is 3.70. The molecular weight excluding hydrogens is 256 g/mol. The minimum Gasteiger partial charge on any atom is -0.481 e. The van der Waals surface area contributed by atoms with Gasteiger partial charge in [0.2, 0.25) is 5.88 Å². The van der Waals surface area contributed by atoms with E-state index in [0.29, 0.717) is 12.6 Å². The SMILES string of the molecule is COc1c(C2C(CN)OCCN2C2CC2)c(C)nn1C. The second kappa shape index (κ2) is 5.35. The second-order valence-corrected chi connectivity index (χ2v) is 5.69. The highest BCUT2D eigenvalue weighted by atomic mass is 16.5. The second-order valence-electron chi connectivity index (χ2n) is 5.69. The molecule has 2 N–H and O–H groups in total. The molecule has 2 atom stereocenters. The van der Waals surface area contributed by atoms with Crippen LogP contribution in [0.3, 0.4) is 0 Å². The number of methoxy groups -OCH3 is 1. The van der Waals surface area contributed by atoms with Gasteiger partial charge in [-0.2, -0.15) is 5.10 Å². The minimum absolute atomic E-state index is 0.0150. The van der Waals surface area contributed by atoms with E-state index in [1.54, 1.807) is 11.8 Å². The largest absolute Gasteiger partial charge is 0.481 e. The van der Waals surface area contributed by atoms with Crippen molar-refractivity contribution in [2.24, 2.45) is 12.8 Å². The van der Waals surface area contributed by atoms with Gasteiger partial charge in [0.1, 0.15) is 0 Å². The standard InChI is InChI=1S/C14H24N4O2/c1-9-12(14(19-3)17(2)16-9)13-11(8-15)20-7-6-18(13)10-4-5-10/h10-11,13H,4-8,15H2,1-3H3. The first kappa shape index (κ1) is 13.9. The summed E-state index contributed by atoms with van der Waals surface area (Å²) in [4.78, 5) is 2.54. The molecular formula is C14H24N4O2. The first-order valence-electron chi connectivity index (χ1n) is 7.32. The Morgan fingerprint density at radius 1 is 1.45 bits per heavy atom. The third-order valence-electron chi connectivity index (χ3n) is 4.34. The Morgan fingerprint density at radius 3 is 2.80 bits per heavy atom. The molecule has 0 amide bonds. The summed E-state index contributed by atoms with van der Waals surface area (Å²) in [5.41, 5.74) is 8.08. The van der Waals surface area contributed by atoms with Crippen molar-refractivity contribution in [2.45, 2.75) is 38.0 Å². The van der Waals surface area contributed by atoms with Gasteiger partial charge < -0.3 is 15.2 Å². The molecule has 6 nitrogen and oxygen atoms in total. The number of hydrogen-bond donors (Lipinski definition) is 1. The molecule has 3 rings (SSSR count). The summed E-state index contributed by atoms with van der Waals surface area (Å²) in [6.45, 7) is 4.27. The van der Waals surface area contributed by atoms with Gasteiger partial charge in [-0.3, -0.25) is 4.90 Å². The summed E-state index contributed by atoms with van der Waals surface area (Å²) in [5.74, 6) is 0.821. The van der Waals surface area contributed by atoms with Crippen molar-refractivity contribution in [2.75, 3.05) is 26.8 Å². The lowest BCUT2D eigenvalue weighted by Gasteiger charge is -2.41. The first-order valence-corrected chi connectivity index (χ1v) is 7.32. The van der Waals surface area contributed by atoms with Crippen molar-refractivity contribution in [3.05, 3.63) is 11.3 Å². The van der Waals surface area contributed by atoms with Gasteiger partial charge in [0.05, 0.1) is 37.1 Å². The van der Waals surface area contributed by atoms with Gasteiger partial charge in [0, 0.05) is 26.2 Å². The maximum Gasteiger partial charge on any atom is 0.216 e. The summed E-state index contributed by atoms with van der Waals surface area (Å²) in [7, 11) is 3.61. The topological polar surface area (TPSA) is 65.5 Å². The predicted octanol–water partition coefficient (Wildman–Crippen LogP) is 0.600. The van der Waals surface area contributed by atoms with Crippen molar-refractivity contribution in [1.29, 1.82) is 0 Å². The van der Waals surface area contributed by atoms with Gasteiger partial charge in [0.15, 0.2) is 0 Å². The van der Waals surface area contributed by atoms with Crippen molar-refractivity contribution >= 4 is 0 Å². The molecule has 0 aromatic carbocycles. The van der Waals surface area contributed by atoms with Gasteiger partial charge in [0.25, 0.3) is 0 Å². The fourth-order valence-corrected chi connectivity index (χ4v) is 3.35. The molecule has 0 radical (unpaired) electrons. The normalized spacial score (nSPS) is 27.8. The van der Waals surface area contributed by atoms with Crippen molar-refractivity contribution in [3.8, 4) is 5.88 Å². The number of nitrogens with two attached hydrogens (primary N) is 1. The highest BCUT2D eigenvalue weighted by Gasteiger charge is 2.43. The van der Waals surface area contributed by atoms with Gasteiger partial charge in [-0.1, -0.05) is 0 Å². The Balaban J connectivity index is 2.02. The molecule has 2 fully saturated rings. The Labute approximate surface area is 119 Å². The summed E-state index contributed by atoms with van der Waals surface area (Å²) in [6.07, 6.45) is 2.56. The predicted molar refractivity (Wildman–Crippen MR) is 75.8 cm³/mol. The summed E-state index contributed by atoms with van der Waals surface area (Å²) < 4.78 is 13.3. The van der Waals surface area contributed by atoms with E-state index in [4.69, 9.17) is 15.2 Å². The third-order valence-corrected chi connectivity index (χ3v) is 4.34. The van der Waals surface area contributed by atoms with E-state index in [0.717, 1.165) is 30.3 Å². The van der Waals surface area contributed by atoms with Crippen LogP contribution in [0.5, 0.6) is 5.88 Å². The lowest BCUT2D eigenvalue weighted by atomic mass is 9.97. The molecule has 1 aliphatic heterocycles. The fourth-order valence-electron chi connectivity index (χ4n) is 3.35. The zero-order valence-corrected chi connectivity index (χ0v) is 12.5. The Bertz CT molecular complexity index is 484. The molecule has 1 aromatic heterocycles. The number of aromatic nitrogens is 2. The molecule has 1 aromatic rings. The molecule has 2 aliphatic rings. The molecule has 0 spiro atoms. The van der Waals surface area contributed by atoms with E-state index in [-0.39, 0.29) is 12.1 Å². The van der Waals surface area contributed by atoms with Crippen LogP contribution in [0.15, 0.2) is 0 Å². The Morgan fingerprint density at radius 2 is 2.20 bits per heavy atom. The molecule has 20 heavy (non-hydrogen) atoms. The quantitative estimate of drug-likeness (QED) is 0.875. The van der Waals surface area contributed by atoms with Crippen LogP contribution < -0.4 is 10.5 Å². The van der Waals surface area contributed by atoms with Crippen LogP contribution in [0, 0.1) is 6.92 Å². The summed E-state index contributed by atoms with van der Waals surface area (Å²) in [5, 5.41) is 4.51. The molecule has 0 bridgehead atoms. The maximum absolute atomic E-state index is 5.94. The van der Waals surface area contributed by atoms with Crippen LogP contribution in [-0.4, -0.2) is 53.6 Å². The molecule has 2 unspecified atom stereocenters. The van der Waals surface area contributed by atoms with Gasteiger partial charge in [-0.15, -0.1) is 0 Å². The fraction of sp³-hybridized carbons (Fsp3) is 0.786. The minimum atomic E-state index is 0.0150. The first-order chi connectivity index (χ1) is 9.67. The average molecular weight is 280 g/mol. The number of aryl methyl sites for hydroxylation is 2. The molecule has 1 aliphatic carbocycles. The molecule has 112 valence electrons.